The van der Waals surface area contributed by atoms with Crippen molar-refractivity contribution in [2.45, 2.75) is 24.5 Å². The molecule has 0 N–H and O–H groups in total. The van der Waals surface area contributed by atoms with Crippen LogP contribution < -0.4 is 4.74 Å². The van der Waals surface area contributed by atoms with E-state index in [2.05, 4.69) is 41.3 Å². The fourth-order valence-corrected chi connectivity index (χ4v) is 4.16. The van der Waals surface area contributed by atoms with E-state index >= 15 is 0 Å². The number of methoxy groups -OCH3 is 2. The molecule has 0 aromatic heterocycles. The summed E-state index contributed by atoms with van der Waals surface area (Å²) in [4.78, 5) is 2.60. The van der Waals surface area contributed by atoms with Crippen LogP contribution >= 0.6 is 0 Å². The van der Waals surface area contributed by atoms with Gasteiger partial charge in [0.05, 0.1) is 18.8 Å². The van der Waals surface area contributed by atoms with Crippen molar-refractivity contribution in [3.05, 3.63) is 53.1 Å². The molecule has 0 unspecified atom stereocenters. The molecule has 4 rings (SSSR count). The van der Waals surface area contributed by atoms with E-state index in [1.165, 1.54) is 16.7 Å². The zero-order chi connectivity index (χ0) is 14.4. The van der Waals surface area contributed by atoms with Gasteiger partial charge in [0.1, 0.15) is 5.75 Å². The Morgan fingerprint density at radius 3 is 3.00 bits per heavy atom. The molecule has 1 spiro atoms. The molecule has 0 bridgehead atoms. The number of benzene rings is 1. The molecule has 1 aliphatic carbocycles. The SMILES string of the molecule is COc1ccc2c(c1)[C@]13C[C@@H](OC)C=CC1=CCN3CC2. The Labute approximate surface area is 125 Å². The fourth-order valence-electron chi connectivity index (χ4n) is 4.16. The summed E-state index contributed by atoms with van der Waals surface area (Å²) < 4.78 is 11.1. The van der Waals surface area contributed by atoms with E-state index in [4.69, 9.17) is 9.47 Å². The molecule has 3 aliphatic rings. The normalized spacial score (nSPS) is 30.4. The predicted molar refractivity (Wildman–Crippen MR) is 82.6 cm³/mol. The Balaban J connectivity index is 1.90. The number of rotatable bonds is 2. The topological polar surface area (TPSA) is 21.7 Å². The van der Waals surface area contributed by atoms with Crippen molar-refractivity contribution in [3.63, 3.8) is 0 Å². The van der Waals surface area contributed by atoms with E-state index in [0.29, 0.717) is 0 Å². The minimum Gasteiger partial charge on any atom is -0.497 e. The molecule has 0 saturated carbocycles. The Morgan fingerprint density at radius 1 is 1.29 bits per heavy atom. The van der Waals surface area contributed by atoms with Crippen LogP contribution in [0.3, 0.4) is 0 Å². The lowest BCUT2D eigenvalue weighted by atomic mass is 9.71. The fraction of sp³-hybridized carbons (Fsp3) is 0.444. The molecule has 0 saturated heterocycles. The first kappa shape index (κ1) is 13.1. The number of ether oxygens (including phenoxy) is 2. The number of fused-ring (bicyclic) bond motifs is 1. The quantitative estimate of drug-likeness (QED) is 0.833. The Kier molecular flexibility index (Phi) is 2.95. The highest BCUT2D eigenvalue weighted by Gasteiger charge is 2.49. The van der Waals surface area contributed by atoms with E-state index in [0.717, 1.165) is 31.7 Å². The molecule has 0 fully saturated rings. The summed E-state index contributed by atoms with van der Waals surface area (Å²) in [6, 6.07) is 6.54. The molecule has 0 amide bonds. The molecule has 110 valence electrons. The lowest BCUT2D eigenvalue weighted by Crippen LogP contribution is -2.51. The minimum atomic E-state index is -0.0163. The molecular formula is C18H21NO2. The molecule has 1 aromatic rings. The zero-order valence-corrected chi connectivity index (χ0v) is 12.6. The van der Waals surface area contributed by atoms with E-state index in [-0.39, 0.29) is 11.6 Å². The molecule has 0 radical (unpaired) electrons. The van der Waals surface area contributed by atoms with Crippen molar-refractivity contribution >= 4 is 0 Å². The molecule has 2 heterocycles. The van der Waals surface area contributed by atoms with Crippen molar-refractivity contribution in [1.82, 2.24) is 4.90 Å². The van der Waals surface area contributed by atoms with Gasteiger partial charge in [-0.25, -0.2) is 0 Å². The molecule has 2 atom stereocenters. The monoisotopic (exact) mass is 283 g/mol. The highest BCUT2D eigenvalue weighted by molar-refractivity contribution is 5.53. The molecule has 3 nitrogen and oxygen atoms in total. The second-order valence-corrected chi connectivity index (χ2v) is 6.08. The zero-order valence-electron chi connectivity index (χ0n) is 12.6. The van der Waals surface area contributed by atoms with Crippen LogP contribution in [0.2, 0.25) is 0 Å². The number of nitrogens with zero attached hydrogens (tertiary/aromatic N) is 1. The van der Waals surface area contributed by atoms with Crippen molar-refractivity contribution in [1.29, 1.82) is 0 Å². The lowest BCUT2D eigenvalue weighted by molar-refractivity contribution is 0.0514. The summed E-state index contributed by atoms with van der Waals surface area (Å²) in [6.45, 7) is 2.15. The van der Waals surface area contributed by atoms with Gasteiger partial charge in [0.15, 0.2) is 0 Å². The number of hydrogen-bond acceptors (Lipinski definition) is 3. The molecule has 3 heteroatoms. The van der Waals surface area contributed by atoms with Gasteiger partial charge in [-0.1, -0.05) is 24.3 Å². The lowest BCUT2D eigenvalue weighted by Gasteiger charge is -2.48. The van der Waals surface area contributed by atoms with Crippen LogP contribution in [0.25, 0.3) is 0 Å². The summed E-state index contributed by atoms with van der Waals surface area (Å²) >= 11 is 0. The third-order valence-electron chi connectivity index (χ3n) is 5.25. The molecule has 1 aromatic carbocycles. The van der Waals surface area contributed by atoms with Gasteiger partial charge < -0.3 is 9.47 Å². The second kappa shape index (κ2) is 4.72. The van der Waals surface area contributed by atoms with Gasteiger partial charge in [0, 0.05) is 26.6 Å². The van der Waals surface area contributed by atoms with Crippen molar-refractivity contribution < 1.29 is 9.47 Å². The van der Waals surface area contributed by atoms with E-state index in [1.807, 2.05) is 0 Å². The predicted octanol–water partition coefficient (Wildman–Crippen LogP) is 2.66. The van der Waals surface area contributed by atoms with Gasteiger partial charge in [-0.3, -0.25) is 4.90 Å². The summed E-state index contributed by atoms with van der Waals surface area (Å²) in [7, 11) is 3.54. The third kappa shape index (κ3) is 1.74. The van der Waals surface area contributed by atoms with Crippen LogP contribution in [0, 0.1) is 0 Å². The molecule has 21 heavy (non-hydrogen) atoms. The van der Waals surface area contributed by atoms with Crippen LogP contribution in [0.15, 0.2) is 42.0 Å². The number of hydrogen-bond donors (Lipinski definition) is 0. The maximum absolute atomic E-state index is 5.64. The van der Waals surface area contributed by atoms with E-state index in [9.17, 15) is 0 Å². The van der Waals surface area contributed by atoms with E-state index in [1.54, 1.807) is 14.2 Å². The van der Waals surface area contributed by atoms with Gasteiger partial charge in [-0.2, -0.15) is 0 Å². The Morgan fingerprint density at radius 2 is 2.19 bits per heavy atom. The Hall–Kier alpha value is -1.58. The van der Waals surface area contributed by atoms with Gasteiger partial charge >= 0.3 is 0 Å². The van der Waals surface area contributed by atoms with E-state index < -0.39 is 0 Å². The van der Waals surface area contributed by atoms with Crippen molar-refractivity contribution in [2.75, 3.05) is 27.3 Å². The standard InChI is InChI=1S/C18H21NO2/c1-20-15-5-3-13-7-9-19-10-8-14-4-6-16(21-2)12-18(14,19)17(13)11-15/h3-6,8,11,16H,7,9-10,12H2,1-2H3/t16-,18-/m0/s1. The third-order valence-corrected chi connectivity index (χ3v) is 5.25. The van der Waals surface area contributed by atoms with Crippen LogP contribution in [0.1, 0.15) is 17.5 Å². The summed E-state index contributed by atoms with van der Waals surface area (Å²) in [5.41, 5.74) is 4.26. The average Bonchev–Trinajstić information content (AvgIpc) is 2.93. The van der Waals surface area contributed by atoms with Gasteiger partial charge in [0.25, 0.3) is 0 Å². The molecule has 2 aliphatic heterocycles. The summed E-state index contributed by atoms with van der Waals surface area (Å²) in [6.07, 6.45) is 9.10. The van der Waals surface area contributed by atoms with Crippen molar-refractivity contribution in [3.8, 4) is 5.75 Å². The van der Waals surface area contributed by atoms with Gasteiger partial charge in [0.2, 0.25) is 0 Å². The Bertz CT molecular complexity index is 634. The molecular weight excluding hydrogens is 262 g/mol. The second-order valence-electron chi connectivity index (χ2n) is 6.08. The smallest absolute Gasteiger partial charge is 0.119 e. The highest BCUT2D eigenvalue weighted by Crippen LogP contribution is 2.51. The van der Waals surface area contributed by atoms with Crippen LogP contribution in [0.4, 0.5) is 0 Å². The maximum Gasteiger partial charge on any atom is 0.119 e. The minimum absolute atomic E-state index is 0.0163. The average molecular weight is 283 g/mol. The van der Waals surface area contributed by atoms with Crippen molar-refractivity contribution in [2.24, 2.45) is 0 Å². The first-order valence-corrected chi connectivity index (χ1v) is 7.62. The highest BCUT2D eigenvalue weighted by atomic mass is 16.5. The maximum atomic E-state index is 5.64. The van der Waals surface area contributed by atoms with Gasteiger partial charge in [-0.05, 0) is 35.3 Å². The van der Waals surface area contributed by atoms with Crippen LogP contribution in [0.5, 0.6) is 5.75 Å². The first-order chi connectivity index (χ1) is 10.3. The van der Waals surface area contributed by atoms with Gasteiger partial charge in [-0.15, -0.1) is 0 Å². The summed E-state index contributed by atoms with van der Waals surface area (Å²) in [5.74, 6) is 0.944. The van der Waals surface area contributed by atoms with Crippen LogP contribution in [-0.2, 0) is 16.7 Å². The largest absolute Gasteiger partial charge is 0.497 e. The first-order valence-electron chi connectivity index (χ1n) is 7.62. The summed E-state index contributed by atoms with van der Waals surface area (Å²) in [5, 5.41) is 0. The van der Waals surface area contributed by atoms with Crippen LogP contribution in [-0.4, -0.2) is 38.3 Å².